The van der Waals surface area contributed by atoms with E-state index in [4.69, 9.17) is 4.74 Å². The number of hydrogen-bond donors (Lipinski definition) is 1. The number of pyridine rings is 1. The van der Waals surface area contributed by atoms with Crippen LogP contribution in [-0.4, -0.2) is 17.1 Å². The van der Waals surface area contributed by atoms with Gasteiger partial charge in [0.1, 0.15) is 5.75 Å². The lowest BCUT2D eigenvalue weighted by atomic mass is 10.2. The maximum absolute atomic E-state index is 12.0. The highest BCUT2D eigenvalue weighted by atomic mass is 79.9. The van der Waals surface area contributed by atoms with Crippen LogP contribution in [0.4, 0.5) is 5.69 Å². The Bertz CT molecular complexity index is 934. The van der Waals surface area contributed by atoms with Gasteiger partial charge in [0.25, 0.3) is 11.5 Å². The maximum Gasteiger partial charge on any atom is 0.262 e. The van der Waals surface area contributed by atoms with E-state index in [1.54, 1.807) is 41.1 Å². The molecule has 0 fully saturated rings. The third-order valence-corrected chi connectivity index (χ3v) is 4.20. The summed E-state index contributed by atoms with van der Waals surface area (Å²) in [6, 6.07) is 19.7. The van der Waals surface area contributed by atoms with Crippen LogP contribution in [-0.2, 0) is 11.3 Å². The van der Waals surface area contributed by atoms with E-state index in [0.717, 1.165) is 10.0 Å². The molecular weight excluding hydrogens is 396 g/mol. The molecule has 0 unspecified atom stereocenters. The van der Waals surface area contributed by atoms with Gasteiger partial charge in [-0.3, -0.25) is 9.59 Å². The molecule has 2 aromatic carbocycles. The molecule has 0 saturated heterocycles. The molecule has 3 aromatic rings. The van der Waals surface area contributed by atoms with E-state index in [0.29, 0.717) is 18.0 Å². The number of nitrogens with zero attached hydrogens (tertiary/aromatic N) is 1. The number of halogens is 1. The number of amides is 1. The molecule has 0 aliphatic heterocycles. The second kappa shape index (κ2) is 8.49. The summed E-state index contributed by atoms with van der Waals surface area (Å²) in [5.74, 6) is 0.395. The fourth-order valence-electron chi connectivity index (χ4n) is 2.36. The number of benzene rings is 2. The SMILES string of the molecule is O=C(COc1ccc(Br)cc1)Nc1ccc(Cn2ccccc2=O)cc1. The fraction of sp³-hybridized carbons (Fsp3) is 0.100. The summed E-state index contributed by atoms with van der Waals surface area (Å²) in [6.45, 7) is 0.420. The Morgan fingerprint density at radius 2 is 1.73 bits per heavy atom. The largest absolute Gasteiger partial charge is 0.484 e. The van der Waals surface area contributed by atoms with Crippen LogP contribution in [0.1, 0.15) is 5.56 Å². The van der Waals surface area contributed by atoms with E-state index < -0.39 is 0 Å². The molecule has 132 valence electrons. The minimum absolute atomic E-state index is 0.0463. The lowest BCUT2D eigenvalue weighted by Gasteiger charge is -2.09. The van der Waals surface area contributed by atoms with Gasteiger partial charge in [-0.15, -0.1) is 0 Å². The van der Waals surface area contributed by atoms with Crippen molar-refractivity contribution in [2.75, 3.05) is 11.9 Å². The van der Waals surface area contributed by atoms with Gasteiger partial charge in [-0.25, -0.2) is 0 Å². The molecule has 5 nitrogen and oxygen atoms in total. The van der Waals surface area contributed by atoms with Crippen LogP contribution in [0.3, 0.4) is 0 Å². The number of ether oxygens (including phenoxy) is 1. The molecule has 6 heteroatoms. The van der Waals surface area contributed by atoms with Crippen molar-refractivity contribution in [2.45, 2.75) is 6.54 Å². The molecule has 1 amide bonds. The smallest absolute Gasteiger partial charge is 0.262 e. The molecule has 0 radical (unpaired) electrons. The van der Waals surface area contributed by atoms with Crippen molar-refractivity contribution >= 4 is 27.5 Å². The first-order chi connectivity index (χ1) is 12.6. The molecule has 26 heavy (non-hydrogen) atoms. The summed E-state index contributed by atoms with van der Waals surface area (Å²) < 4.78 is 8.02. The summed E-state index contributed by atoms with van der Waals surface area (Å²) in [5, 5.41) is 2.78. The number of nitrogens with one attached hydrogen (secondary N) is 1. The van der Waals surface area contributed by atoms with Crippen LogP contribution < -0.4 is 15.6 Å². The number of rotatable bonds is 6. The number of anilines is 1. The predicted octanol–water partition coefficient (Wildman–Crippen LogP) is 3.68. The molecule has 1 N–H and O–H groups in total. The van der Waals surface area contributed by atoms with E-state index >= 15 is 0 Å². The average molecular weight is 413 g/mol. The van der Waals surface area contributed by atoms with Gasteiger partial charge in [0.2, 0.25) is 0 Å². The highest BCUT2D eigenvalue weighted by Crippen LogP contribution is 2.16. The Labute approximate surface area is 159 Å². The Morgan fingerprint density at radius 1 is 1.00 bits per heavy atom. The van der Waals surface area contributed by atoms with Crippen LogP contribution in [0.25, 0.3) is 0 Å². The van der Waals surface area contributed by atoms with E-state index in [9.17, 15) is 9.59 Å². The predicted molar refractivity (Wildman–Crippen MR) is 105 cm³/mol. The second-order valence-electron chi connectivity index (χ2n) is 5.65. The topological polar surface area (TPSA) is 60.3 Å². The van der Waals surface area contributed by atoms with Crippen molar-refractivity contribution in [3.05, 3.63) is 93.3 Å². The van der Waals surface area contributed by atoms with Crippen molar-refractivity contribution in [1.29, 1.82) is 0 Å². The van der Waals surface area contributed by atoms with Gasteiger partial charge in [-0.05, 0) is 48.0 Å². The number of carbonyl (C=O) groups is 1. The van der Waals surface area contributed by atoms with E-state index in [-0.39, 0.29) is 18.1 Å². The summed E-state index contributed by atoms with van der Waals surface area (Å²) >= 11 is 3.35. The molecular formula is C20H17BrN2O3. The van der Waals surface area contributed by atoms with Gasteiger partial charge in [0.15, 0.2) is 6.61 Å². The van der Waals surface area contributed by atoms with Gasteiger partial charge < -0.3 is 14.6 Å². The van der Waals surface area contributed by atoms with Gasteiger partial charge in [-0.1, -0.05) is 34.1 Å². The molecule has 0 aliphatic carbocycles. The van der Waals surface area contributed by atoms with Crippen molar-refractivity contribution in [2.24, 2.45) is 0 Å². The molecule has 3 rings (SSSR count). The molecule has 0 atom stereocenters. The normalized spacial score (nSPS) is 10.3. The Kier molecular flexibility index (Phi) is 5.86. The average Bonchev–Trinajstić information content (AvgIpc) is 2.65. The highest BCUT2D eigenvalue weighted by Gasteiger charge is 2.04. The second-order valence-corrected chi connectivity index (χ2v) is 6.57. The minimum atomic E-state index is -0.236. The zero-order chi connectivity index (χ0) is 18.4. The molecule has 0 aliphatic rings. The van der Waals surface area contributed by atoms with Crippen molar-refractivity contribution in [3.8, 4) is 5.75 Å². The standard InChI is InChI=1S/C20H17BrN2O3/c21-16-6-10-18(11-7-16)26-14-19(24)22-17-8-4-15(5-9-17)13-23-12-2-1-3-20(23)25/h1-12H,13-14H2,(H,22,24). The maximum atomic E-state index is 12.0. The summed E-state index contributed by atoms with van der Waals surface area (Å²) in [7, 11) is 0. The van der Waals surface area contributed by atoms with Crippen molar-refractivity contribution in [1.82, 2.24) is 4.57 Å². The van der Waals surface area contributed by atoms with Crippen LogP contribution >= 0.6 is 15.9 Å². The molecule has 0 saturated carbocycles. The van der Waals surface area contributed by atoms with Crippen LogP contribution in [0.5, 0.6) is 5.75 Å². The number of hydrogen-bond acceptors (Lipinski definition) is 3. The van der Waals surface area contributed by atoms with Crippen molar-refractivity contribution in [3.63, 3.8) is 0 Å². The molecule has 1 heterocycles. The van der Waals surface area contributed by atoms with Gasteiger partial charge in [-0.2, -0.15) is 0 Å². The van der Waals surface area contributed by atoms with Crippen molar-refractivity contribution < 1.29 is 9.53 Å². The highest BCUT2D eigenvalue weighted by molar-refractivity contribution is 9.10. The zero-order valence-corrected chi connectivity index (χ0v) is 15.5. The lowest BCUT2D eigenvalue weighted by molar-refractivity contribution is -0.118. The van der Waals surface area contributed by atoms with Gasteiger partial charge in [0, 0.05) is 22.4 Å². The van der Waals surface area contributed by atoms with Gasteiger partial charge >= 0.3 is 0 Å². The Hall–Kier alpha value is -2.86. The molecule has 0 spiro atoms. The Morgan fingerprint density at radius 3 is 2.42 bits per heavy atom. The third-order valence-electron chi connectivity index (χ3n) is 3.67. The number of carbonyl (C=O) groups excluding carboxylic acids is 1. The lowest BCUT2D eigenvalue weighted by Crippen LogP contribution is -2.20. The van der Waals surface area contributed by atoms with E-state index in [1.807, 2.05) is 30.3 Å². The zero-order valence-electron chi connectivity index (χ0n) is 13.9. The third kappa shape index (κ3) is 5.07. The van der Waals surface area contributed by atoms with Crippen LogP contribution in [0, 0.1) is 0 Å². The Balaban J connectivity index is 1.53. The van der Waals surface area contributed by atoms with Crippen LogP contribution in [0.2, 0.25) is 0 Å². The minimum Gasteiger partial charge on any atom is -0.484 e. The fourth-order valence-corrected chi connectivity index (χ4v) is 2.62. The molecule has 0 bridgehead atoms. The monoisotopic (exact) mass is 412 g/mol. The quantitative estimate of drug-likeness (QED) is 0.671. The van der Waals surface area contributed by atoms with E-state index in [2.05, 4.69) is 21.2 Å². The summed E-state index contributed by atoms with van der Waals surface area (Å²) in [5.41, 5.74) is 1.61. The molecule has 1 aromatic heterocycles. The summed E-state index contributed by atoms with van der Waals surface area (Å²) in [6.07, 6.45) is 1.75. The number of aromatic nitrogens is 1. The van der Waals surface area contributed by atoms with Crippen LogP contribution in [0.15, 0.2) is 82.2 Å². The van der Waals surface area contributed by atoms with Gasteiger partial charge in [0.05, 0.1) is 6.54 Å². The summed E-state index contributed by atoms with van der Waals surface area (Å²) in [4.78, 5) is 23.7. The first-order valence-electron chi connectivity index (χ1n) is 8.03. The first kappa shape index (κ1) is 17.9. The first-order valence-corrected chi connectivity index (χ1v) is 8.82. The van der Waals surface area contributed by atoms with E-state index in [1.165, 1.54) is 6.07 Å².